The molecule has 0 bridgehead atoms. The van der Waals surface area contributed by atoms with Crippen LogP contribution in [0.25, 0.3) is 0 Å². The second-order valence-corrected chi connectivity index (χ2v) is 8.53. The van der Waals surface area contributed by atoms with E-state index in [0.717, 1.165) is 11.1 Å². The van der Waals surface area contributed by atoms with Crippen molar-refractivity contribution >= 4 is 29.6 Å². The van der Waals surface area contributed by atoms with E-state index in [1.165, 1.54) is 19.1 Å². The Bertz CT molecular complexity index is 823. The Hall–Kier alpha value is -3.21. The Morgan fingerprint density at radius 3 is 1.74 bits per heavy atom. The van der Waals surface area contributed by atoms with Gasteiger partial charge in [-0.15, -0.1) is 0 Å². The predicted molar refractivity (Wildman–Crippen MR) is 129 cm³/mol. The molecule has 1 aliphatic rings. The van der Waals surface area contributed by atoms with Gasteiger partial charge in [-0.3, -0.25) is 24.0 Å². The molecule has 1 fully saturated rings. The Morgan fingerprint density at radius 2 is 1.31 bits per heavy atom. The molecule has 4 amide bonds. The van der Waals surface area contributed by atoms with Crippen molar-refractivity contribution in [3.05, 3.63) is 23.3 Å². The summed E-state index contributed by atoms with van der Waals surface area (Å²) in [6.45, 7) is 5.77. The van der Waals surface area contributed by atoms with E-state index in [1.807, 2.05) is 0 Å². The van der Waals surface area contributed by atoms with Crippen molar-refractivity contribution in [1.82, 2.24) is 21.3 Å². The Balaban J connectivity index is 2.26. The van der Waals surface area contributed by atoms with Crippen LogP contribution in [-0.4, -0.2) is 73.1 Å². The van der Waals surface area contributed by atoms with Crippen LogP contribution in [0.15, 0.2) is 23.3 Å². The molecule has 1 aliphatic heterocycles. The van der Waals surface area contributed by atoms with E-state index in [1.54, 1.807) is 13.8 Å². The smallest absolute Gasteiger partial charge is 0.302 e. The van der Waals surface area contributed by atoms with E-state index in [4.69, 9.17) is 9.84 Å². The highest BCUT2D eigenvalue weighted by atomic mass is 16.5. The lowest BCUT2D eigenvalue weighted by Crippen LogP contribution is -2.61. The van der Waals surface area contributed by atoms with Gasteiger partial charge in [0.05, 0.1) is 6.61 Å². The standard InChI is InChI=1S/C24H38N4O7/c1-16(8-12-29)14-21(31)25-10-4-6-19-23(33)28-20(24(34)27-19)7-5-11-26-22(32)15-17(2)9-13-35-18(3)30/h14-15,19-20,29H,4-13H2,1-3H3,(H,25,31)(H,26,32)(H,27,34)(H,28,33)/b16-14+,17-15-/t19-,20-/m0/s1. The zero-order valence-corrected chi connectivity index (χ0v) is 20.8. The lowest BCUT2D eigenvalue weighted by molar-refractivity contribution is -0.140. The topological polar surface area (TPSA) is 163 Å². The van der Waals surface area contributed by atoms with Crippen molar-refractivity contribution in [2.24, 2.45) is 0 Å². The van der Waals surface area contributed by atoms with Gasteiger partial charge in [-0.25, -0.2) is 0 Å². The third-order valence-electron chi connectivity index (χ3n) is 5.27. The van der Waals surface area contributed by atoms with Crippen LogP contribution in [0.1, 0.15) is 59.3 Å². The number of piperazine rings is 1. The van der Waals surface area contributed by atoms with E-state index in [0.29, 0.717) is 51.6 Å². The number of carbonyl (C=O) groups excluding carboxylic acids is 5. The third kappa shape index (κ3) is 13.3. The highest BCUT2D eigenvalue weighted by Gasteiger charge is 2.32. The van der Waals surface area contributed by atoms with Gasteiger partial charge in [0.1, 0.15) is 12.1 Å². The van der Waals surface area contributed by atoms with Gasteiger partial charge < -0.3 is 31.1 Å². The number of esters is 1. The minimum Gasteiger partial charge on any atom is -0.466 e. The highest BCUT2D eigenvalue weighted by molar-refractivity contribution is 5.96. The number of hydrogen-bond acceptors (Lipinski definition) is 7. The monoisotopic (exact) mass is 494 g/mol. The van der Waals surface area contributed by atoms with Crippen molar-refractivity contribution in [2.75, 3.05) is 26.3 Å². The van der Waals surface area contributed by atoms with Crippen LogP contribution in [-0.2, 0) is 28.7 Å². The second-order valence-electron chi connectivity index (χ2n) is 8.53. The van der Waals surface area contributed by atoms with Crippen molar-refractivity contribution in [1.29, 1.82) is 0 Å². The summed E-state index contributed by atoms with van der Waals surface area (Å²) in [5, 5.41) is 19.7. The average molecular weight is 495 g/mol. The van der Waals surface area contributed by atoms with E-state index >= 15 is 0 Å². The maximum Gasteiger partial charge on any atom is 0.302 e. The molecule has 2 atom stereocenters. The number of carbonyl (C=O) groups is 5. The number of aliphatic hydroxyl groups excluding tert-OH is 1. The Labute approximate surface area is 206 Å². The fourth-order valence-electron chi connectivity index (χ4n) is 3.34. The average Bonchev–Trinajstić information content (AvgIpc) is 2.76. The van der Waals surface area contributed by atoms with Crippen LogP contribution < -0.4 is 21.3 Å². The summed E-state index contributed by atoms with van der Waals surface area (Å²) in [4.78, 5) is 59.1. The fourth-order valence-corrected chi connectivity index (χ4v) is 3.34. The van der Waals surface area contributed by atoms with E-state index in [9.17, 15) is 24.0 Å². The minimum atomic E-state index is -0.656. The summed E-state index contributed by atoms with van der Waals surface area (Å²) in [7, 11) is 0. The highest BCUT2D eigenvalue weighted by Crippen LogP contribution is 2.08. The quantitative estimate of drug-likeness (QED) is 0.121. The lowest BCUT2D eigenvalue weighted by Gasteiger charge is -2.29. The van der Waals surface area contributed by atoms with E-state index in [-0.39, 0.29) is 42.8 Å². The summed E-state index contributed by atoms with van der Waals surface area (Å²) in [5.41, 5.74) is 1.55. The first-order valence-electron chi connectivity index (χ1n) is 11.9. The van der Waals surface area contributed by atoms with Crippen molar-refractivity contribution in [3.8, 4) is 0 Å². The van der Waals surface area contributed by atoms with Gasteiger partial charge in [-0.2, -0.15) is 0 Å². The van der Waals surface area contributed by atoms with Gasteiger partial charge in [-0.1, -0.05) is 11.1 Å². The van der Waals surface area contributed by atoms with Crippen molar-refractivity contribution < 1.29 is 33.8 Å². The van der Waals surface area contributed by atoms with Crippen LogP contribution in [0, 0.1) is 0 Å². The first-order valence-corrected chi connectivity index (χ1v) is 11.9. The summed E-state index contributed by atoms with van der Waals surface area (Å²) in [6.07, 6.45) is 5.57. The summed E-state index contributed by atoms with van der Waals surface area (Å²) in [6, 6.07) is -1.31. The maximum atomic E-state index is 12.3. The van der Waals surface area contributed by atoms with Gasteiger partial charge in [0.15, 0.2) is 0 Å². The van der Waals surface area contributed by atoms with Gasteiger partial charge in [0.2, 0.25) is 23.6 Å². The van der Waals surface area contributed by atoms with Crippen molar-refractivity contribution in [3.63, 3.8) is 0 Å². The Kier molecular flexibility index (Phi) is 14.0. The molecule has 0 aromatic carbocycles. The number of nitrogens with one attached hydrogen (secondary N) is 4. The zero-order valence-electron chi connectivity index (χ0n) is 20.8. The predicted octanol–water partition coefficient (Wildman–Crippen LogP) is -0.00940. The lowest BCUT2D eigenvalue weighted by atomic mass is 10.0. The molecule has 11 heteroatoms. The molecule has 1 saturated heterocycles. The van der Waals surface area contributed by atoms with Crippen molar-refractivity contribution in [2.45, 2.75) is 71.4 Å². The molecular formula is C24H38N4O7. The summed E-state index contributed by atoms with van der Waals surface area (Å²) < 4.78 is 4.83. The minimum absolute atomic E-state index is 0.0149. The Morgan fingerprint density at radius 1 is 0.857 bits per heavy atom. The first-order chi connectivity index (χ1) is 16.6. The number of aliphatic hydroxyl groups is 1. The molecule has 5 N–H and O–H groups in total. The first kappa shape index (κ1) is 29.8. The molecular weight excluding hydrogens is 456 g/mol. The number of hydrogen-bond donors (Lipinski definition) is 5. The van der Waals surface area contributed by atoms with Gasteiger partial charge in [0.25, 0.3) is 0 Å². The number of rotatable bonds is 15. The molecule has 0 spiro atoms. The van der Waals surface area contributed by atoms with Crippen LogP contribution in [0.4, 0.5) is 0 Å². The number of amides is 4. The fraction of sp³-hybridized carbons (Fsp3) is 0.625. The van der Waals surface area contributed by atoms with Crippen LogP contribution >= 0.6 is 0 Å². The van der Waals surface area contributed by atoms with Gasteiger partial charge in [-0.05, 0) is 46.0 Å². The normalized spacial score (nSPS) is 18.4. The molecule has 196 valence electrons. The summed E-state index contributed by atoms with van der Waals surface area (Å²) in [5.74, 6) is -1.43. The van der Waals surface area contributed by atoms with E-state index in [2.05, 4.69) is 21.3 Å². The van der Waals surface area contributed by atoms with Gasteiger partial charge in [0, 0.05) is 45.2 Å². The molecule has 11 nitrogen and oxygen atoms in total. The van der Waals surface area contributed by atoms with Crippen LogP contribution in [0.2, 0.25) is 0 Å². The SMILES string of the molecule is CC(=O)OCC/C(C)=C\C(=O)NCCC[C@@H]1NC(=O)[C@H](CCCNC(=O)/C=C(\C)CCO)NC1=O. The molecule has 0 aromatic heterocycles. The summed E-state index contributed by atoms with van der Waals surface area (Å²) >= 11 is 0. The second kappa shape index (κ2) is 16.4. The molecule has 0 radical (unpaired) electrons. The maximum absolute atomic E-state index is 12.3. The molecule has 1 heterocycles. The van der Waals surface area contributed by atoms with E-state index < -0.39 is 12.1 Å². The number of ether oxygens (including phenoxy) is 1. The zero-order chi connectivity index (χ0) is 26.2. The van der Waals surface area contributed by atoms with Gasteiger partial charge >= 0.3 is 5.97 Å². The molecule has 0 aliphatic carbocycles. The molecule has 35 heavy (non-hydrogen) atoms. The largest absolute Gasteiger partial charge is 0.466 e. The van der Waals surface area contributed by atoms with Crippen LogP contribution in [0.3, 0.4) is 0 Å². The molecule has 0 aromatic rings. The molecule has 1 rings (SSSR count). The molecule has 0 unspecified atom stereocenters. The van der Waals surface area contributed by atoms with Crippen LogP contribution in [0.5, 0.6) is 0 Å². The molecule has 0 saturated carbocycles. The third-order valence-corrected chi connectivity index (χ3v) is 5.27.